The second-order valence-corrected chi connectivity index (χ2v) is 7.63. The van der Waals surface area contributed by atoms with Crippen molar-refractivity contribution in [3.05, 3.63) is 0 Å². The van der Waals surface area contributed by atoms with E-state index in [4.69, 9.17) is 5.73 Å². The van der Waals surface area contributed by atoms with Crippen molar-refractivity contribution in [3.63, 3.8) is 0 Å². The maximum Gasteiger partial charge on any atom is -0.00489 e. The first-order valence-corrected chi connectivity index (χ1v) is 11.0. The fraction of sp³-hybridized carbons (Fsp3) is 1.00. The van der Waals surface area contributed by atoms with Crippen molar-refractivity contribution in [2.45, 2.75) is 129 Å². The van der Waals surface area contributed by atoms with Crippen LogP contribution in [0.15, 0.2) is 0 Å². The lowest BCUT2D eigenvalue weighted by Crippen LogP contribution is -2.14. The molecule has 0 saturated heterocycles. The number of nitrogens with two attached hydrogens (primary N) is 1. The Balaban J connectivity index is 3.12. The van der Waals surface area contributed by atoms with Crippen molar-refractivity contribution in [2.75, 3.05) is 6.54 Å². The predicted molar refractivity (Wildman–Crippen MR) is 107 cm³/mol. The maximum atomic E-state index is 5.87. The minimum atomic E-state index is 0.798. The summed E-state index contributed by atoms with van der Waals surface area (Å²) in [6.45, 7) is 5.47. The highest BCUT2D eigenvalue weighted by atomic mass is 14.5. The summed E-state index contributed by atoms with van der Waals surface area (Å²) in [5, 5.41) is 0. The van der Waals surface area contributed by atoms with Crippen LogP contribution < -0.4 is 5.73 Å². The van der Waals surface area contributed by atoms with Gasteiger partial charge < -0.3 is 5.73 Å². The molecule has 140 valence electrons. The Morgan fingerprint density at radius 2 is 0.826 bits per heavy atom. The Kier molecular flexibility index (Phi) is 20.0. The van der Waals surface area contributed by atoms with E-state index in [1.54, 1.807) is 0 Å². The zero-order valence-electron chi connectivity index (χ0n) is 16.6. The van der Waals surface area contributed by atoms with E-state index < -0.39 is 0 Å². The quantitative estimate of drug-likeness (QED) is 0.243. The molecule has 0 aliphatic rings. The highest BCUT2D eigenvalue weighted by molar-refractivity contribution is 4.60. The van der Waals surface area contributed by atoms with E-state index >= 15 is 0 Å². The van der Waals surface area contributed by atoms with Crippen LogP contribution in [0, 0.1) is 5.92 Å². The monoisotopic (exact) mass is 325 g/mol. The fourth-order valence-corrected chi connectivity index (χ4v) is 3.50. The van der Waals surface area contributed by atoms with Crippen molar-refractivity contribution in [1.29, 1.82) is 0 Å². The van der Waals surface area contributed by atoms with Crippen molar-refractivity contribution in [1.82, 2.24) is 0 Å². The van der Waals surface area contributed by atoms with Gasteiger partial charge in [-0.25, -0.2) is 0 Å². The molecule has 0 radical (unpaired) electrons. The maximum absolute atomic E-state index is 5.87. The van der Waals surface area contributed by atoms with E-state index in [-0.39, 0.29) is 0 Å². The van der Waals surface area contributed by atoms with Crippen LogP contribution in [-0.4, -0.2) is 6.54 Å². The van der Waals surface area contributed by atoms with Gasteiger partial charge in [-0.2, -0.15) is 0 Å². The summed E-state index contributed by atoms with van der Waals surface area (Å²) in [5.41, 5.74) is 5.87. The Morgan fingerprint density at radius 1 is 0.478 bits per heavy atom. The second-order valence-electron chi connectivity index (χ2n) is 7.63. The molecule has 0 aromatic carbocycles. The highest BCUT2D eigenvalue weighted by Crippen LogP contribution is 2.17. The Morgan fingerprint density at radius 3 is 1.22 bits per heavy atom. The van der Waals surface area contributed by atoms with E-state index in [9.17, 15) is 0 Å². The molecule has 0 heterocycles. The van der Waals surface area contributed by atoms with Crippen LogP contribution in [0.3, 0.4) is 0 Å². The van der Waals surface area contributed by atoms with Crippen LogP contribution in [0.25, 0.3) is 0 Å². The number of hydrogen-bond acceptors (Lipinski definition) is 1. The molecule has 2 N–H and O–H groups in total. The van der Waals surface area contributed by atoms with Gasteiger partial charge in [0.1, 0.15) is 0 Å². The van der Waals surface area contributed by atoms with Gasteiger partial charge in [0, 0.05) is 0 Å². The van der Waals surface area contributed by atoms with Crippen LogP contribution in [0.4, 0.5) is 0 Å². The summed E-state index contributed by atoms with van der Waals surface area (Å²) >= 11 is 0. The average Bonchev–Trinajstić information content (AvgIpc) is 2.57. The van der Waals surface area contributed by atoms with E-state index in [1.165, 1.54) is 116 Å². The molecule has 0 aromatic heterocycles. The van der Waals surface area contributed by atoms with Gasteiger partial charge in [-0.15, -0.1) is 0 Å². The van der Waals surface area contributed by atoms with Gasteiger partial charge in [0.2, 0.25) is 0 Å². The summed E-state index contributed by atoms with van der Waals surface area (Å²) in [4.78, 5) is 0. The first-order chi connectivity index (χ1) is 11.3. The zero-order chi connectivity index (χ0) is 17.0. The van der Waals surface area contributed by atoms with E-state index in [1.807, 2.05) is 0 Å². The minimum absolute atomic E-state index is 0.798. The number of unbranched alkanes of at least 4 members (excludes halogenated alkanes) is 14. The number of rotatable bonds is 19. The molecule has 0 fully saturated rings. The lowest BCUT2D eigenvalue weighted by Gasteiger charge is -2.13. The summed E-state index contributed by atoms with van der Waals surface area (Å²) in [5.74, 6) is 0.798. The van der Waals surface area contributed by atoms with Crippen LogP contribution >= 0.6 is 0 Å². The molecule has 23 heavy (non-hydrogen) atoms. The summed E-state index contributed by atoms with van der Waals surface area (Å²) in [7, 11) is 0. The molecule has 0 saturated carbocycles. The summed E-state index contributed by atoms with van der Waals surface area (Å²) in [6, 6.07) is 0. The second kappa shape index (κ2) is 20.0. The highest BCUT2D eigenvalue weighted by Gasteiger charge is 2.05. The average molecular weight is 326 g/mol. The normalized spacial score (nSPS) is 12.7. The van der Waals surface area contributed by atoms with Gasteiger partial charge in [-0.1, -0.05) is 117 Å². The van der Waals surface area contributed by atoms with Gasteiger partial charge in [-0.3, -0.25) is 0 Å². The smallest absolute Gasteiger partial charge is 0.00489 e. The molecule has 1 unspecified atom stereocenters. The molecule has 0 spiro atoms. The minimum Gasteiger partial charge on any atom is -0.330 e. The Hall–Kier alpha value is -0.0400. The molecule has 0 rings (SSSR count). The largest absolute Gasteiger partial charge is 0.330 e. The van der Waals surface area contributed by atoms with E-state index in [0.29, 0.717) is 0 Å². The molecule has 1 atom stereocenters. The molecule has 0 amide bonds. The van der Waals surface area contributed by atoms with Crippen LogP contribution in [0.2, 0.25) is 0 Å². The zero-order valence-corrected chi connectivity index (χ0v) is 16.6. The Bertz CT molecular complexity index is 202. The molecule has 0 bridgehead atoms. The van der Waals surface area contributed by atoms with Crippen molar-refractivity contribution < 1.29 is 0 Å². The standard InChI is InChI=1S/C22H47N/c1-3-5-7-8-9-10-11-12-13-14-15-16-17-18-20-22(21-23)19-6-4-2/h22H,3-21,23H2,1-2H3. The molecular weight excluding hydrogens is 278 g/mol. The summed E-state index contributed by atoms with van der Waals surface area (Å²) in [6.07, 6.45) is 25.7. The van der Waals surface area contributed by atoms with Crippen LogP contribution in [0.5, 0.6) is 0 Å². The van der Waals surface area contributed by atoms with Gasteiger partial charge >= 0.3 is 0 Å². The first-order valence-electron chi connectivity index (χ1n) is 11.0. The molecular formula is C22H47N. The van der Waals surface area contributed by atoms with Crippen molar-refractivity contribution in [3.8, 4) is 0 Å². The van der Waals surface area contributed by atoms with Gasteiger partial charge in [0.05, 0.1) is 0 Å². The molecule has 1 heteroatoms. The third-order valence-electron chi connectivity index (χ3n) is 5.27. The fourth-order valence-electron chi connectivity index (χ4n) is 3.50. The third-order valence-corrected chi connectivity index (χ3v) is 5.27. The van der Waals surface area contributed by atoms with Crippen molar-refractivity contribution >= 4 is 0 Å². The van der Waals surface area contributed by atoms with E-state index in [2.05, 4.69) is 13.8 Å². The Labute approximate surface area is 148 Å². The molecule has 0 aliphatic heterocycles. The van der Waals surface area contributed by atoms with Gasteiger partial charge in [0.25, 0.3) is 0 Å². The first kappa shape index (κ1) is 23.0. The van der Waals surface area contributed by atoms with Crippen molar-refractivity contribution in [2.24, 2.45) is 11.7 Å². The van der Waals surface area contributed by atoms with Gasteiger partial charge in [0.15, 0.2) is 0 Å². The lowest BCUT2D eigenvalue weighted by atomic mass is 9.95. The SMILES string of the molecule is CCCCCCCCCCCCCCCCC(CN)CCCC. The van der Waals surface area contributed by atoms with E-state index in [0.717, 1.165) is 12.5 Å². The van der Waals surface area contributed by atoms with Crippen LogP contribution in [-0.2, 0) is 0 Å². The molecule has 0 aromatic rings. The third kappa shape index (κ3) is 18.1. The van der Waals surface area contributed by atoms with Crippen LogP contribution in [0.1, 0.15) is 129 Å². The summed E-state index contributed by atoms with van der Waals surface area (Å²) < 4.78 is 0. The lowest BCUT2D eigenvalue weighted by molar-refractivity contribution is 0.418. The molecule has 0 aliphatic carbocycles. The van der Waals surface area contributed by atoms with Gasteiger partial charge in [-0.05, 0) is 25.3 Å². The topological polar surface area (TPSA) is 26.0 Å². The number of hydrogen-bond donors (Lipinski definition) is 1. The predicted octanol–water partition coefficient (Wildman–Crippen LogP) is 7.62. The molecule has 1 nitrogen and oxygen atoms in total.